The number of halogens is 1. The van der Waals surface area contributed by atoms with Gasteiger partial charge in [0.15, 0.2) is 0 Å². The van der Waals surface area contributed by atoms with Gasteiger partial charge >= 0.3 is 0 Å². The zero-order valence-electron chi connectivity index (χ0n) is 5.73. The molecule has 0 amide bonds. The number of benzene rings is 1. The lowest BCUT2D eigenvalue weighted by Gasteiger charge is -2.00. The summed E-state index contributed by atoms with van der Waals surface area (Å²) in [7, 11) is 0. The lowest BCUT2D eigenvalue weighted by atomic mass is 10.4. The summed E-state index contributed by atoms with van der Waals surface area (Å²) in [5, 5.41) is 11.8. The minimum Gasteiger partial charge on any atom is -0.220 e. The topological polar surface area (TPSA) is 38.7 Å². The van der Waals surface area contributed by atoms with E-state index in [2.05, 4.69) is 22.0 Å². The Morgan fingerprint density at radius 2 is 2.25 bits per heavy atom. The van der Waals surface area contributed by atoms with Crippen molar-refractivity contribution >= 4 is 36.3 Å². The molecule has 12 heavy (non-hydrogen) atoms. The highest BCUT2D eigenvalue weighted by molar-refractivity contribution is 7.94. The second-order valence-electron chi connectivity index (χ2n) is 1.84. The Kier molecular flexibility index (Phi) is 4.20. The Hall–Kier alpha value is 0.0900. The molecular formula is C6H5ClO3S2. The van der Waals surface area contributed by atoms with Gasteiger partial charge < -0.3 is 0 Å². The Bertz CT molecular complexity index is 269. The van der Waals surface area contributed by atoms with Crippen molar-refractivity contribution in [2.45, 2.75) is 9.79 Å². The molecule has 0 atom stereocenters. The van der Waals surface area contributed by atoms with Crippen LogP contribution in [0.5, 0.6) is 0 Å². The largest absolute Gasteiger partial charge is 0.220 e. The highest BCUT2D eigenvalue weighted by Crippen LogP contribution is 2.29. The molecule has 1 aromatic carbocycles. The maximum atomic E-state index is 7.87. The van der Waals surface area contributed by atoms with Crippen LogP contribution in [-0.2, 0) is 9.37 Å². The lowest BCUT2D eigenvalue weighted by molar-refractivity contribution is -0.432. The third kappa shape index (κ3) is 2.85. The molecule has 0 aliphatic rings. The second-order valence-corrected chi connectivity index (χ2v) is 3.51. The van der Waals surface area contributed by atoms with Crippen LogP contribution >= 0.6 is 36.3 Å². The monoisotopic (exact) mass is 224 g/mol. The molecule has 6 heteroatoms. The first-order valence-electron chi connectivity index (χ1n) is 2.87. The predicted molar refractivity (Wildman–Crippen MR) is 49.4 cm³/mol. The van der Waals surface area contributed by atoms with Crippen LogP contribution in [0.2, 0.25) is 5.02 Å². The van der Waals surface area contributed by atoms with E-state index in [0.717, 1.165) is 16.9 Å². The van der Waals surface area contributed by atoms with E-state index in [1.54, 1.807) is 18.2 Å². The van der Waals surface area contributed by atoms with E-state index < -0.39 is 0 Å². The zero-order valence-corrected chi connectivity index (χ0v) is 8.20. The summed E-state index contributed by atoms with van der Waals surface area (Å²) in [6, 6.07) is 5.11. The Balaban J connectivity index is 2.72. The SMILES string of the molecule is OOOSc1ccc(S)cc1Cl. The van der Waals surface area contributed by atoms with E-state index in [0.29, 0.717) is 9.92 Å². The molecule has 0 fully saturated rings. The number of rotatable bonds is 3. The predicted octanol–water partition coefficient (Wildman–Crippen LogP) is 3.06. The molecule has 1 aromatic rings. The van der Waals surface area contributed by atoms with Crippen LogP contribution < -0.4 is 0 Å². The summed E-state index contributed by atoms with van der Waals surface area (Å²) in [6.07, 6.45) is 0. The van der Waals surface area contributed by atoms with Crippen LogP contribution in [-0.4, -0.2) is 5.26 Å². The fraction of sp³-hybridized carbons (Fsp3) is 0. The van der Waals surface area contributed by atoms with Crippen LogP contribution in [0.1, 0.15) is 0 Å². The normalized spacial score (nSPS) is 10.2. The maximum absolute atomic E-state index is 7.87. The van der Waals surface area contributed by atoms with Crippen molar-refractivity contribution in [2.75, 3.05) is 0 Å². The van der Waals surface area contributed by atoms with Crippen molar-refractivity contribution in [3.05, 3.63) is 23.2 Å². The first-order valence-corrected chi connectivity index (χ1v) is 4.44. The van der Waals surface area contributed by atoms with Crippen LogP contribution in [0.3, 0.4) is 0 Å². The van der Waals surface area contributed by atoms with E-state index in [1.807, 2.05) is 0 Å². The molecule has 3 nitrogen and oxygen atoms in total. The molecule has 0 bridgehead atoms. The highest BCUT2D eigenvalue weighted by Gasteiger charge is 2.02. The fourth-order valence-electron chi connectivity index (χ4n) is 0.609. The van der Waals surface area contributed by atoms with E-state index in [4.69, 9.17) is 16.9 Å². The van der Waals surface area contributed by atoms with Crippen LogP contribution in [0.15, 0.2) is 28.0 Å². The van der Waals surface area contributed by atoms with E-state index >= 15 is 0 Å². The van der Waals surface area contributed by atoms with Crippen molar-refractivity contribution < 1.29 is 14.6 Å². The van der Waals surface area contributed by atoms with Gasteiger partial charge in [-0.3, -0.25) is 0 Å². The zero-order chi connectivity index (χ0) is 8.97. The van der Waals surface area contributed by atoms with Gasteiger partial charge in [-0.1, -0.05) is 16.6 Å². The number of hydrogen-bond donors (Lipinski definition) is 2. The number of hydrogen-bond acceptors (Lipinski definition) is 5. The van der Waals surface area contributed by atoms with Gasteiger partial charge in [-0.15, -0.1) is 17.0 Å². The van der Waals surface area contributed by atoms with Crippen molar-refractivity contribution in [1.82, 2.24) is 0 Å². The van der Waals surface area contributed by atoms with Crippen molar-refractivity contribution in [1.29, 1.82) is 0 Å². The van der Waals surface area contributed by atoms with Gasteiger partial charge in [0.2, 0.25) is 0 Å². The first-order chi connectivity index (χ1) is 5.74. The minimum atomic E-state index is 0.490. The summed E-state index contributed by atoms with van der Waals surface area (Å²) in [6.45, 7) is 0. The van der Waals surface area contributed by atoms with Gasteiger partial charge in [-0.25, -0.2) is 5.26 Å². The molecule has 1 N–H and O–H groups in total. The summed E-state index contributed by atoms with van der Waals surface area (Å²) >= 11 is 10.7. The standard InChI is InChI=1S/C6H5ClO3S2/c7-5-3-4(11)1-2-6(5)12-10-9-8/h1-3,8,11H. The molecule has 0 aliphatic carbocycles. The Morgan fingerprint density at radius 3 is 2.83 bits per heavy atom. The van der Waals surface area contributed by atoms with Crippen LogP contribution in [0.25, 0.3) is 0 Å². The van der Waals surface area contributed by atoms with Crippen LogP contribution in [0, 0.1) is 0 Å². The Morgan fingerprint density at radius 1 is 1.50 bits per heavy atom. The molecular weight excluding hydrogens is 220 g/mol. The third-order valence-electron chi connectivity index (χ3n) is 1.07. The molecule has 0 heterocycles. The van der Waals surface area contributed by atoms with E-state index in [1.165, 1.54) is 0 Å². The lowest BCUT2D eigenvalue weighted by Crippen LogP contribution is -1.79. The second kappa shape index (κ2) is 4.96. The van der Waals surface area contributed by atoms with Crippen molar-refractivity contribution in [3.8, 4) is 0 Å². The molecule has 1 rings (SSSR count). The van der Waals surface area contributed by atoms with Gasteiger partial charge in [0.1, 0.15) is 0 Å². The van der Waals surface area contributed by atoms with Gasteiger partial charge in [0.05, 0.1) is 22.0 Å². The summed E-state index contributed by atoms with van der Waals surface area (Å²) in [5.41, 5.74) is 0. The van der Waals surface area contributed by atoms with Crippen LogP contribution in [0.4, 0.5) is 0 Å². The maximum Gasteiger partial charge on any atom is 0.0730 e. The summed E-state index contributed by atoms with van der Waals surface area (Å²) < 4.78 is 4.20. The molecule has 0 aliphatic heterocycles. The molecule has 0 radical (unpaired) electrons. The average molecular weight is 225 g/mol. The highest BCUT2D eigenvalue weighted by atomic mass is 35.5. The number of thiol groups is 1. The average Bonchev–Trinajstić information content (AvgIpc) is 2.03. The van der Waals surface area contributed by atoms with Gasteiger partial charge in [-0.05, 0) is 18.2 Å². The third-order valence-corrected chi connectivity index (χ3v) is 2.44. The van der Waals surface area contributed by atoms with Gasteiger partial charge in [-0.2, -0.15) is 0 Å². The van der Waals surface area contributed by atoms with Crippen molar-refractivity contribution in [3.63, 3.8) is 0 Å². The molecule has 0 saturated heterocycles. The van der Waals surface area contributed by atoms with E-state index in [-0.39, 0.29) is 0 Å². The van der Waals surface area contributed by atoms with Crippen molar-refractivity contribution in [2.24, 2.45) is 0 Å². The van der Waals surface area contributed by atoms with Gasteiger partial charge in [0.25, 0.3) is 0 Å². The smallest absolute Gasteiger partial charge is 0.0730 e. The minimum absolute atomic E-state index is 0.490. The summed E-state index contributed by atoms with van der Waals surface area (Å²) in [5.74, 6) is 0. The summed E-state index contributed by atoms with van der Waals surface area (Å²) in [4.78, 5) is 1.40. The molecule has 0 aromatic heterocycles. The fourth-order valence-corrected chi connectivity index (χ4v) is 1.53. The Labute approximate surface area is 84.1 Å². The molecule has 0 saturated carbocycles. The molecule has 66 valence electrons. The van der Waals surface area contributed by atoms with E-state index in [9.17, 15) is 0 Å². The van der Waals surface area contributed by atoms with Gasteiger partial charge in [0, 0.05) is 4.90 Å². The quantitative estimate of drug-likeness (QED) is 0.358. The first kappa shape index (κ1) is 10.2. The molecule has 0 spiro atoms. The molecule has 0 unspecified atom stereocenters.